The Labute approximate surface area is 473 Å². The number of aliphatic carboxylic acids is 1. The second-order valence-corrected chi connectivity index (χ2v) is 19.6. The van der Waals surface area contributed by atoms with Crippen molar-refractivity contribution in [2.24, 2.45) is 5.10 Å². The number of carboxylic acid groups (broad SMARTS) is 1. The Morgan fingerprint density at radius 3 is 2.07 bits per heavy atom. The van der Waals surface area contributed by atoms with Gasteiger partial charge in [-0.2, -0.15) is 15.1 Å². The summed E-state index contributed by atoms with van der Waals surface area (Å²) >= 11 is 0. The van der Waals surface area contributed by atoms with E-state index in [1.165, 1.54) is 24.5 Å². The molecule has 75 heavy (non-hydrogen) atoms. The summed E-state index contributed by atoms with van der Waals surface area (Å²) in [6.45, 7) is 0.0249. The van der Waals surface area contributed by atoms with Crippen molar-refractivity contribution in [3.05, 3.63) is 107 Å². The molecule has 5 rings (SSSR count). The van der Waals surface area contributed by atoms with Crippen LogP contribution in [0.2, 0.25) is 0 Å². The number of hydrazone groups is 1. The molecule has 0 aliphatic carbocycles. The fourth-order valence-electron chi connectivity index (χ4n) is 6.35. The minimum absolute atomic E-state index is 0. The number of carbonyl (C=O) groups excluding carboxylic acids is 3. The molecule has 2 heterocycles. The number of amides is 2. The first-order chi connectivity index (χ1) is 34.6. The minimum Gasteiger partial charge on any atom is -0.776 e. The Morgan fingerprint density at radius 1 is 0.840 bits per heavy atom. The Kier molecular flexibility index (Phi) is 26.3. The number of carbonyl (C=O) groups is 4. The first-order valence-corrected chi connectivity index (χ1v) is 25.0. The number of nitrogens with two attached hydrogens (primary N) is 2. The van der Waals surface area contributed by atoms with Crippen molar-refractivity contribution >= 4 is 73.8 Å². The molecule has 27 nitrogen and oxygen atoms in total. The van der Waals surface area contributed by atoms with E-state index in [2.05, 4.69) is 35.8 Å². The van der Waals surface area contributed by atoms with E-state index in [0.29, 0.717) is 40.3 Å². The number of ether oxygens (including phenoxy) is 5. The van der Waals surface area contributed by atoms with Gasteiger partial charge in [-0.25, -0.2) is 20.2 Å². The van der Waals surface area contributed by atoms with E-state index in [9.17, 15) is 48.3 Å². The van der Waals surface area contributed by atoms with Crippen molar-refractivity contribution in [2.75, 3.05) is 69.7 Å². The Bertz CT molecular complexity index is 2810. The molecule has 10 N–H and O–H groups in total. The van der Waals surface area contributed by atoms with Crippen molar-refractivity contribution in [2.45, 2.75) is 43.5 Å². The van der Waals surface area contributed by atoms with Gasteiger partial charge in [-0.3, -0.25) is 14.4 Å². The van der Waals surface area contributed by atoms with Crippen LogP contribution in [0.4, 0.5) is 17.5 Å². The van der Waals surface area contributed by atoms with Crippen LogP contribution in [-0.2, 0) is 50.8 Å². The topological polar surface area (TPSA) is 419 Å². The smallest absolute Gasteiger partial charge is 0.776 e. The van der Waals surface area contributed by atoms with Gasteiger partial charge in [0.25, 0.3) is 11.8 Å². The van der Waals surface area contributed by atoms with Crippen LogP contribution in [-0.4, -0.2) is 134 Å². The molecule has 2 amide bonds. The van der Waals surface area contributed by atoms with Gasteiger partial charge in [-0.15, -0.1) is 0 Å². The van der Waals surface area contributed by atoms with E-state index in [4.69, 9.17) is 44.9 Å². The second kappa shape index (κ2) is 30.6. The maximum absolute atomic E-state index is 13.2. The summed E-state index contributed by atoms with van der Waals surface area (Å²) < 4.78 is 49.2. The first kappa shape index (κ1) is 64.3. The maximum atomic E-state index is 13.2. The molecule has 392 valence electrons. The molecule has 3 aromatic carbocycles. The van der Waals surface area contributed by atoms with Gasteiger partial charge in [0.15, 0.2) is 37.3 Å². The van der Waals surface area contributed by atoms with Gasteiger partial charge in [0.05, 0.1) is 64.3 Å². The predicted octanol–water partition coefficient (Wildman–Crippen LogP) is -5.74. The zero-order valence-electron chi connectivity index (χ0n) is 41.0. The number of esters is 1. The second-order valence-electron chi connectivity index (χ2n) is 15.7. The summed E-state index contributed by atoms with van der Waals surface area (Å²) in [7, 11) is -9.92. The van der Waals surface area contributed by atoms with Crippen LogP contribution in [0.3, 0.4) is 0 Å². The number of aromatic nitrogens is 4. The van der Waals surface area contributed by atoms with Gasteiger partial charge in [-0.05, 0) is 66.1 Å². The minimum atomic E-state index is -5.86. The van der Waals surface area contributed by atoms with Crippen LogP contribution in [0.5, 0.6) is 5.75 Å². The average Bonchev–Trinajstić information content (AvgIpc) is 3.34. The molecule has 0 saturated heterocycles. The van der Waals surface area contributed by atoms with Gasteiger partial charge >= 0.3 is 71.1 Å². The van der Waals surface area contributed by atoms with Crippen LogP contribution >= 0.6 is 15.2 Å². The number of fused-ring (bicyclic) bond motifs is 1. The summed E-state index contributed by atoms with van der Waals surface area (Å²) in [4.78, 5) is 109. The molecule has 0 aliphatic rings. The van der Waals surface area contributed by atoms with Crippen molar-refractivity contribution < 1.29 is 141 Å². The number of benzene rings is 3. The van der Waals surface area contributed by atoms with E-state index in [1.807, 2.05) is 4.90 Å². The van der Waals surface area contributed by atoms with Crippen LogP contribution in [0.1, 0.15) is 56.8 Å². The molecule has 0 aliphatic heterocycles. The number of aliphatic hydroxyl groups is 1. The largest absolute Gasteiger partial charge is 1.00 e. The summed E-state index contributed by atoms with van der Waals surface area (Å²) in [5.74, 6) is -2.62. The fraction of sp³-hybridized carbons (Fsp3) is 0.341. The third-order valence-corrected chi connectivity index (χ3v) is 14.0. The zero-order chi connectivity index (χ0) is 53.2. The van der Waals surface area contributed by atoms with E-state index < -0.39 is 69.5 Å². The summed E-state index contributed by atoms with van der Waals surface area (Å²) in [6, 6.07) is 18.1. The zero-order valence-corrected chi connectivity index (χ0v) is 46.8. The van der Waals surface area contributed by atoms with Crippen LogP contribution in [0, 0.1) is 0 Å². The molecule has 3 atom stereocenters. The van der Waals surface area contributed by atoms with E-state index >= 15 is 0 Å². The summed E-state index contributed by atoms with van der Waals surface area (Å²) in [5.41, 5.74) is 17.4. The SMILES string of the molecule is CN(Cc1cnc2nc(N)nc(N)c2n1)c1ccc(C(=O)NC(CCC(=O)O)C(=O)OCc2ccc(C(=O)N/N=C/c3cccc(OCCOCCOCCOCCC(O)(P(=O)([O-])O)P(=O)([O-])O)c3)cc2)cc1.[Na+].[Na+]. The molecule has 0 fully saturated rings. The molecule has 0 spiro atoms. The molecule has 3 unspecified atom stereocenters. The molecule has 0 bridgehead atoms. The number of hydrogen-bond acceptors (Lipinski definition) is 22. The number of carboxylic acids is 1. The molecule has 31 heteroatoms. The number of anilines is 3. The van der Waals surface area contributed by atoms with E-state index in [-0.39, 0.29) is 140 Å². The fourth-order valence-corrected chi connectivity index (χ4v) is 8.38. The molecule has 0 radical (unpaired) electrons. The Hall–Kier alpha value is -5.03. The third-order valence-electron chi connectivity index (χ3n) is 10.3. The van der Waals surface area contributed by atoms with Gasteiger partial charge in [0, 0.05) is 36.7 Å². The number of nitrogens with one attached hydrogen (secondary N) is 2. The molecule has 2 aromatic heterocycles. The van der Waals surface area contributed by atoms with Gasteiger partial charge in [0.1, 0.15) is 25.0 Å². The quantitative estimate of drug-likeness (QED) is 0.00552. The van der Waals surface area contributed by atoms with Crippen molar-refractivity contribution in [1.82, 2.24) is 30.7 Å². The monoisotopic (exact) mass is 1100 g/mol. The van der Waals surface area contributed by atoms with Crippen molar-refractivity contribution in [3.8, 4) is 5.75 Å². The van der Waals surface area contributed by atoms with Gasteiger partial charge in [-0.1, -0.05) is 24.3 Å². The number of nitrogen functional groups attached to an aromatic ring is 2. The van der Waals surface area contributed by atoms with Crippen molar-refractivity contribution in [3.63, 3.8) is 0 Å². The van der Waals surface area contributed by atoms with Crippen LogP contribution in [0.15, 0.2) is 84.1 Å². The number of rotatable bonds is 29. The van der Waals surface area contributed by atoms with Gasteiger partial charge in [0.2, 0.25) is 5.95 Å². The summed E-state index contributed by atoms with van der Waals surface area (Å²) in [6.07, 6.45) is 1.17. The first-order valence-electron chi connectivity index (χ1n) is 21.9. The summed E-state index contributed by atoms with van der Waals surface area (Å²) in [5, 5.41) is 21.8. The van der Waals surface area contributed by atoms with Gasteiger partial charge < -0.3 is 84.3 Å². The number of nitrogens with zero attached hydrogens (tertiary/aromatic N) is 6. The third kappa shape index (κ3) is 20.1. The normalized spacial score (nSPS) is 13.9. The predicted molar refractivity (Wildman–Crippen MR) is 256 cm³/mol. The maximum Gasteiger partial charge on any atom is 1.00 e. The number of hydrogen-bond donors (Lipinski definition) is 8. The molecule has 5 aromatic rings. The standard InChI is InChI=1S/C44H54N10O17P2.2Na/c1-54(26-32-25-47-39-37(49-32)38(45)51-43(46)52-39)33-11-9-30(10-12-33)40(57)50-35(13-14-36(55)56)42(59)71-27-28-5-7-31(8-6-28)41(58)53-48-24-29-3-2-4-34(23-29)70-22-21-69-20-19-68-18-17-67-16-15-44(60,72(61,62)63)73(64,65)66;;/h2-12,23-25,35,60H,13-22,26-27H2,1H3,(H,50,57)(H,53,58)(H,55,56)(H2,61,62,63)(H2,64,65,66)(H4,45,46,47,51,52);;/q;2*+1/p-2/b48-24+;;. The van der Waals surface area contributed by atoms with E-state index in [1.54, 1.807) is 67.7 Å². The van der Waals surface area contributed by atoms with Crippen molar-refractivity contribution in [1.29, 1.82) is 0 Å². The van der Waals surface area contributed by atoms with Crippen LogP contribution < -0.4 is 101 Å². The molecular formula is C44H52N10Na2O17P2. The average molecular weight is 1100 g/mol. The Balaban J connectivity index is 0.00000741. The Morgan fingerprint density at radius 2 is 1.44 bits per heavy atom. The molecule has 0 saturated carbocycles. The molecular weight excluding hydrogens is 1050 g/mol. The van der Waals surface area contributed by atoms with Crippen LogP contribution in [0.25, 0.3) is 11.2 Å². The van der Waals surface area contributed by atoms with E-state index in [0.717, 1.165) is 0 Å².